The zero-order chi connectivity index (χ0) is 15.9. The maximum Gasteiger partial charge on any atom is 0.408 e. The molecule has 21 heavy (non-hydrogen) atoms. The first-order chi connectivity index (χ1) is 9.81. The second-order valence-electron chi connectivity index (χ2n) is 5.20. The van der Waals surface area contributed by atoms with Crippen LogP contribution in [-0.4, -0.2) is 30.9 Å². The molecule has 0 aliphatic rings. The van der Waals surface area contributed by atoms with Crippen molar-refractivity contribution < 1.29 is 23.5 Å². The normalized spacial score (nSPS) is 12.4. The molecule has 6 heteroatoms. The Labute approximate surface area is 123 Å². The number of alkyl halides is 1. The number of halogens is 1. The maximum absolute atomic E-state index is 13.6. The molecule has 0 aromatic heterocycles. The maximum atomic E-state index is 13.6. The van der Waals surface area contributed by atoms with Crippen LogP contribution in [0.3, 0.4) is 0 Å². The Morgan fingerprint density at radius 2 is 1.90 bits per heavy atom. The van der Waals surface area contributed by atoms with Crippen LogP contribution in [-0.2, 0) is 20.9 Å². The lowest BCUT2D eigenvalue weighted by molar-refractivity contribution is -0.144. The standard InChI is InChI=1S/C15H20FNO4/c1-15(2,16)9-12(13(18)20-3)17-14(19)21-10-11-7-5-4-6-8-11/h4-8,12H,9-10H2,1-3H3,(H,17,19)/t12-/m0/s1. The minimum Gasteiger partial charge on any atom is -0.467 e. The Balaban J connectivity index is 2.54. The van der Waals surface area contributed by atoms with Crippen molar-refractivity contribution in [3.63, 3.8) is 0 Å². The molecule has 0 unspecified atom stereocenters. The van der Waals surface area contributed by atoms with Crippen molar-refractivity contribution >= 4 is 12.1 Å². The van der Waals surface area contributed by atoms with Crippen LogP contribution < -0.4 is 5.32 Å². The van der Waals surface area contributed by atoms with Crippen molar-refractivity contribution in [1.29, 1.82) is 0 Å². The summed E-state index contributed by atoms with van der Waals surface area (Å²) in [7, 11) is 1.18. The van der Waals surface area contributed by atoms with E-state index >= 15 is 0 Å². The van der Waals surface area contributed by atoms with E-state index in [1.807, 2.05) is 18.2 Å². The van der Waals surface area contributed by atoms with Gasteiger partial charge in [0.15, 0.2) is 0 Å². The number of alkyl carbamates (subject to hydrolysis) is 1. The summed E-state index contributed by atoms with van der Waals surface area (Å²) in [6, 6.07) is 8.00. The number of ether oxygens (including phenoxy) is 2. The quantitative estimate of drug-likeness (QED) is 0.820. The van der Waals surface area contributed by atoms with Crippen molar-refractivity contribution in [3.8, 4) is 0 Å². The number of hydrogen-bond donors (Lipinski definition) is 1. The highest BCUT2D eigenvalue weighted by molar-refractivity contribution is 5.81. The lowest BCUT2D eigenvalue weighted by Crippen LogP contribution is -2.44. The SMILES string of the molecule is COC(=O)[C@H](CC(C)(C)F)NC(=O)OCc1ccccc1. The molecule has 0 aliphatic heterocycles. The van der Waals surface area contributed by atoms with Gasteiger partial charge in [-0.2, -0.15) is 0 Å². The second-order valence-corrected chi connectivity index (χ2v) is 5.20. The van der Waals surface area contributed by atoms with E-state index in [1.54, 1.807) is 12.1 Å². The van der Waals surface area contributed by atoms with Gasteiger partial charge in [0.25, 0.3) is 0 Å². The molecular formula is C15H20FNO4. The van der Waals surface area contributed by atoms with Gasteiger partial charge in [-0.3, -0.25) is 0 Å². The van der Waals surface area contributed by atoms with E-state index in [4.69, 9.17) is 4.74 Å². The summed E-state index contributed by atoms with van der Waals surface area (Å²) < 4.78 is 23.2. The van der Waals surface area contributed by atoms with Gasteiger partial charge in [-0.15, -0.1) is 0 Å². The second kappa shape index (κ2) is 7.61. The minimum atomic E-state index is -1.62. The van der Waals surface area contributed by atoms with Gasteiger partial charge < -0.3 is 14.8 Å². The highest BCUT2D eigenvalue weighted by Gasteiger charge is 2.30. The smallest absolute Gasteiger partial charge is 0.408 e. The third-order valence-corrected chi connectivity index (χ3v) is 2.68. The van der Waals surface area contributed by atoms with Crippen LogP contribution >= 0.6 is 0 Å². The molecule has 1 rings (SSSR count). The highest BCUT2D eigenvalue weighted by atomic mass is 19.1. The molecule has 1 aromatic rings. The molecule has 0 radical (unpaired) electrons. The van der Waals surface area contributed by atoms with Crippen LogP contribution in [0.5, 0.6) is 0 Å². The van der Waals surface area contributed by atoms with Crippen LogP contribution in [0, 0.1) is 0 Å². The highest BCUT2D eigenvalue weighted by Crippen LogP contribution is 2.17. The number of benzene rings is 1. The van der Waals surface area contributed by atoms with Crippen molar-refractivity contribution in [1.82, 2.24) is 5.32 Å². The number of rotatable bonds is 6. The van der Waals surface area contributed by atoms with E-state index in [-0.39, 0.29) is 13.0 Å². The summed E-state index contributed by atoms with van der Waals surface area (Å²) in [6.45, 7) is 2.71. The fraction of sp³-hybridized carbons (Fsp3) is 0.467. The molecule has 1 amide bonds. The van der Waals surface area contributed by atoms with Crippen LogP contribution in [0.2, 0.25) is 0 Å². The Morgan fingerprint density at radius 3 is 2.43 bits per heavy atom. The predicted octanol–water partition coefficient (Wildman–Crippen LogP) is 2.59. The summed E-state index contributed by atoms with van der Waals surface area (Å²) >= 11 is 0. The molecule has 116 valence electrons. The zero-order valence-electron chi connectivity index (χ0n) is 12.4. The molecule has 0 aliphatic carbocycles. The number of nitrogens with one attached hydrogen (secondary N) is 1. The molecule has 0 bridgehead atoms. The molecule has 0 saturated carbocycles. The molecule has 1 atom stereocenters. The summed E-state index contributed by atoms with van der Waals surface area (Å²) in [5.41, 5.74) is -0.806. The van der Waals surface area contributed by atoms with E-state index in [1.165, 1.54) is 21.0 Å². The Bertz CT molecular complexity index is 470. The minimum absolute atomic E-state index is 0.0690. The molecule has 0 saturated heterocycles. The molecule has 1 N–H and O–H groups in total. The van der Waals surface area contributed by atoms with Crippen molar-refractivity contribution in [2.75, 3.05) is 7.11 Å². The zero-order valence-corrected chi connectivity index (χ0v) is 12.4. The van der Waals surface area contributed by atoms with Gasteiger partial charge in [0.05, 0.1) is 7.11 Å². The summed E-state index contributed by atoms with van der Waals surface area (Å²) in [6.07, 6.45) is -0.987. The topological polar surface area (TPSA) is 64.6 Å². The average molecular weight is 297 g/mol. The number of esters is 1. The first kappa shape index (κ1) is 16.9. The molecule has 0 spiro atoms. The number of methoxy groups -OCH3 is 1. The van der Waals surface area contributed by atoms with Crippen LogP contribution in [0.15, 0.2) is 30.3 Å². The monoisotopic (exact) mass is 297 g/mol. The summed E-state index contributed by atoms with van der Waals surface area (Å²) in [5.74, 6) is -0.711. The first-order valence-electron chi connectivity index (χ1n) is 6.56. The third kappa shape index (κ3) is 6.74. The molecule has 5 nitrogen and oxygen atoms in total. The first-order valence-corrected chi connectivity index (χ1v) is 6.56. The lowest BCUT2D eigenvalue weighted by Gasteiger charge is -2.21. The van der Waals surface area contributed by atoms with E-state index in [0.29, 0.717) is 0 Å². The van der Waals surface area contributed by atoms with Crippen molar-refractivity contribution in [3.05, 3.63) is 35.9 Å². The van der Waals surface area contributed by atoms with Gasteiger partial charge in [-0.05, 0) is 19.4 Å². The fourth-order valence-electron chi connectivity index (χ4n) is 1.73. The molecule has 0 heterocycles. The van der Waals surface area contributed by atoms with Gasteiger partial charge >= 0.3 is 12.1 Å². The van der Waals surface area contributed by atoms with Gasteiger partial charge in [-0.1, -0.05) is 30.3 Å². The third-order valence-electron chi connectivity index (χ3n) is 2.68. The average Bonchev–Trinajstić information content (AvgIpc) is 2.43. The van der Waals surface area contributed by atoms with Gasteiger partial charge in [0.2, 0.25) is 0 Å². The number of amides is 1. The molecule has 1 aromatic carbocycles. The Hall–Kier alpha value is -2.11. The van der Waals surface area contributed by atoms with Crippen molar-refractivity contribution in [2.24, 2.45) is 0 Å². The van der Waals surface area contributed by atoms with E-state index in [0.717, 1.165) is 5.56 Å². The van der Waals surface area contributed by atoms with Crippen LogP contribution in [0.25, 0.3) is 0 Å². The van der Waals surface area contributed by atoms with E-state index in [2.05, 4.69) is 10.1 Å². The van der Waals surface area contributed by atoms with Gasteiger partial charge in [0.1, 0.15) is 18.3 Å². The Morgan fingerprint density at radius 1 is 1.29 bits per heavy atom. The number of carbonyl (C=O) groups is 2. The largest absolute Gasteiger partial charge is 0.467 e. The van der Waals surface area contributed by atoms with Crippen LogP contribution in [0.1, 0.15) is 25.8 Å². The lowest BCUT2D eigenvalue weighted by atomic mass is 10.0. The number of carbonyl (C=O) groups excluding carboxylic acids is 2. The molecule has 0 fully saturated rings. The van der Waals surface area contributed by atoms with Gasteiger partial charge in [-0.25, -0.2) is 14.0 Å². The van der Waals surface area contributed by atoms with E-state index < -0.39 is 23.8 Å². The van der Waals surface area contributed by atoms with E-state index in [9.17, 15) is 14.0 Å². The number of hydrogen-bond acceptors (Lipinski definition) is 4. The fourth-order valence-corrected chi connectivity index (χ4v) is 1.73. The van der Waals surface area contributed by atoms with Crippen LogP contribution in [0.4, 0.5) is 9.18 Å². The van der Waals surface area contributed by atoms with Gasteiger partial charge in [0, 0.05) is 6.42 Å². The Kier molecular flexibility index (Phi) is 6.14. The summed E-state index contributed by atoms with van der Waals surface area (Å²) in [5, 5.41) is 2.32. The predicted molar refractivity (Wildman–Crippen MR) is 75.4 cm³/mol. The van der Waals surface area contributed by atoms with Crippen molar-refractivity contribution in [2.45, 2.75) is 38.6 Å². The summed E-state index contributed by atoms with van der Waals surface area (Å²) in [4.78, 5) is 23.2. The molecular weight excluding hydrogens is 277 g/mol.